The molecule has 2 aromatic carbocycles. The average molecular weight is 517 g/mol. The van der Waals surface area contributed by atoms with Crippen molar-refractivity contribution in [3.8, 4) is 5.75 Å². The van der Waals surface area contributed by atoms with Crippen LogP contribution in [-0.4, -0.2) is 18.9 Å². The third-order valence-electron chi connectivity index (χ3n) is 5.77. The summed E-state index contributed by atoms with van der Waals surface area (Å²) >= 11 is 9.53. The third-order valence-corrected chi connectivity index (χ3v) is 6.52. The van der Waals surface area contributed by atoms with Gasteiger partial charge in [-0.1, -0.05) is 39.7 Å². The SMILES string of the molecule is COC(=O)C1=C(C)NC2=C(C(=O)CCC2)[C@H]1c1cc(Br)ccc1OCc1ccc(Cl)cc1. The first kappa shape index (κ1) is 22.6. The molecule has 0 saturated carbocycles. The van der Waals surface area contributed by atoms with E-state index in [1.807, 2.05) is 49.4 Å². The van der Waals surface area contributed by atoms with E-state index in [1.165, 1.54) is 7.11 Å². The highest BCUT2D eigenvalue weighted by atomic mass is 79.9. The van der Waals surface area contributed by atoms with E-state index in [1.54, 1.807) is 0 Å². The highest BCUT2D eigenvalue weighted by molar-refractivity contribution is 9.10. The molecule has 4 rings (SSSR count). The Bertz CT molecular complexity index is 1140. The number of ketones is 1. The van der Waals surface area contributed by atoms with Crippen LogP contribution in [-0.2, 0) is 20.9 Å². The van der Waals surface area contributed by atoms with E-state index in [-0.39, 0.29) is 5.78 Å². The van der Waals surface area contributed by atoms with Gasteiger partial charge < -0.3 is 14.8 Å². The minimum absolute atomic E-state index is 0.0429. The molecule has 0 radical (unpaired) electrons. The average Bonchev–Trinajstić information content (AvgIpc) is 2.78. The van der Waals surface area contributed by atoms with Gasteiger partial charge in [0.15, 0.2) is 5.78 Å². The Hall–Kier alpha value is -2.57. The monoisotopic (exact) mass is 515 g/mol. The van der Waals surface area contributed by atoms with Gasteiger partial charge in [-0.2, -0.15) is 0 Å². The topological polar surface area (TPSA) is 64.6 Å². The van der Waals surface area contributed by atoms with Gasteiger partial charge >= 0.3 is 5.97 Å². The Morgan fingerprint density at radius 2 is 1.94 bits per heavy atom. The lowest BCUT2D eigenvalue weighted by molar-refractivity contribution is -0.136. The maximum atomic E-state index is 13.0. The summed E-state index contributed by atoms with van der Waals surface area (Å²) in [7, 11) is 1.35. The minimum Gasteiger partial charge on any atom is -0.489 e. The second-order valence-electron chi connectivity index (χ2n) is 7.85. The zero-order chi connectivity index (χ0) is 22.8. The van der Waals surface area contributed by atoms with Crippen molar-refractivity contribution in [3.63, 3.8) is 0 Å². The van der Waals surface area contributed by atoms with E-state index in [4.69, 9.17) is 21.1 Å². The fourth-order valence-corrected chi connectivity index (χ4v) is 4.80. The Labute approximate surface area is 200 Å². The normalized spacial score (nSPS) is 18.2. The van der Waals surface area contributed by atoms with Gasteiger partial charge in [-0.15, -0.1) is 0 Å². The first-order valence-electron chi connectivity index (χ1n) is 10.4. The van der Waals surface area contributed by atoms with E-state index in [0.717, 1.165) is 34.1 Å². The van der Waals surface area contributed by atoms with Gasteiger partial charge in [0.1, 0.15) is 12.4 Å². The van der Waals surface area contributed by atoms with Crippen LogP contribution in [0.15, 0.2) is 69.5 Å². The molecule has 1 atom stereocenters. The molecule has 1 aliphatic heterocycles. The Morgan fingerprint density at radius 3 is 2.66 bits per heavy atom. The number of hydrogen-bond donors (Lipinski definition) is 1. The molecule has 0 fully saturated rings. The van der Waals surface area contributed by atoms with Crippen LogP contribution in [0.4, 0.5) is 0 Å². The van der Waals surface area contributed by atoms with Gasteiger partial charge in [-0.25, -0.2) is 4.79 Å². The number of Topliss-reactive ketones (excluding diaryl/α,β-unsaturated/α-hetero) is 1. The number of hydrogen-bond acceptors (Lipinski definition) is 5. The zero-order valence-corrected chi connectivity index (χ0v) is 20.2. The summed E-state index contributed by atoms with van der Waals surface area (Å²) in [6.07, 6.45) is 2.01. The molecular weight excluding hydrogens is 494 g/mol. The number of rotatable bonds is 5. The maximum Gasteiger partial charge on any atom is 0.336 e. The van der Waals surface area contributed by atoms with Crippen LogP contribution in [0.25, 0.3) is 0 Å². The minimum atomic E-state index is -0.566. The molecule has 32 heavy (non-hydrogen) atoms. The van der Waals surface area contributed by atoms with Crippen molar-refractivity contribution in [2.45, 2.75) is 38.7 Å². The van der Waals surface area contributed by atoms with Crippen molar-refractivity contribution in [2.24, 2.45) is 0 Å². The van der Waals surface area contributed by atoms with E-state index in [0.29, 0.717) is 40.6 Å². The van der Waals surface area contributed by atoms with Crippen LogP contribution in [0.2, 0.25) is 5.02 Å². The molecule has 1 heterocycles. The van der Waals surface area contributed by atoms with Crippen molar-refractivity contribution >= 4 is 39.3 Å². The number of methoxy groups -OCH3 is 1. The molecule has 1 aliphatic carbocycles. The van der Waals surface area contributed by atoms with Crippen LogP contribution in [0.5, 0.6) is 5.75 Å². The van der Waals surface area contributed by atoms with Gasteiger partial charge in [0.2, 0.25) is 0 Å². The summed E-state index contributed by atoms with van der Waals surface area (Å²) in [6, 6.07) is 13.1. The van der Waals surface area contributed by atoms with E-state index in [9.17, 15) is 9.59 Å². The fourth-order valence-electron chi connectivity index (χ4n) is 4.29. The second-order valence-corrected chi connectivity index (χ2v) is 9.21. The van der Waals surface area contributed by atoms with Gasteiger partial charge in [-0.3, -0.25) is 4.79 Å². The molecule has 7 heteroatoms. The summed E-state index contributed by atoms with van der Waals surface area (Å²) in [5.41, 5.74) is 4.33. The van der Waals surface area contributed by atoms with Crippen LogP contribution in [0, 0.1) is 0 Å². The number of benzene rings is 2. The van der Waals surface area contributed by atoms with Crippen molar-refractivity contribution in [1.82, 2.24) is 5.32 Å². The summed E-state index contributed by atoms with van der Waals surface area (Å²) in [4.78, 5) is 25.9. The lowest BCUT2D eigenvalue weighted by Gasteiger charge is -2.34. The van der Waals surface area contributed by atoms with E-state index < -0.39 is 11.9 Å². The Balaban J connectivity index is 1.80. The first-order valence-corrected chi connectivity index (χ1v) is 11.5. The number of ether oxygens (including phenoxy) is 2. The number of halogens is 2. The van der Waals surface area contributed by atoms with Crippen LogP contribution >= 0.6 is 27.5 Å². The second kappa shape index (κ2) is 9.51. The maximum absolute atomic E-state index is 13.0. The summed E-state index contributed by atoms with van der Waals surface area (Å²) in [6.45, 7) is 2.17. The quantitative estimate of drug-likeness (QED) is 0.507. The standard InChI is InChI=1S/C25H23BrClNO4/c1-14-22(25(30)31-2)23(24-19(28-14)4-3-5-20(24)29)18-12-16(26)8-11-21(18)32-13-15-6-9-17(27)10-7-15/h6-12,23,28H,3-5,13H2,1-2H3/t23-/m0/s1. The molecule has 2 aromatic rings. The lowest BCUT2D eigenvalue weighted by Crippen LogP contribution is -2.34. The summed E-state index contributed by atoms with van der Waals surface area (Å²) < 4.78 is 12.1. The van der Waals surface area contributed by atoms with Gasteiger partial charge in [-0.05, 0) is 55.7 Å². The smallest absolute Gasteiger partial charge is 0.336 e. The van der Waals surface area contributed by atoms with Gasteiger partial charge in [0, 0.05) is 38.4 Å². The van der Waals surface area contributed by atoms with E-state index in [2.05, 4.69) is 21.2 Å². The number of dihydropyridines is 1. The number of carbonyl (C=O) groups is 2. The third kappa shape index (κ3) is 4.48. The highest BCUT2D eigenvalue weighted by Gasteiger charge is 2.40. The van der Waals surface area contributed by atoms with E-state index >= 15 is 0 Å². The first-order chi connectivity index (χ1) is 15.4. The van der Waals surface area contributed by atoms with Gasteiger partial charge in [0.05, 0.1) is 18.6 Å². The van der Waals surface area contributed by atoms with Crippen molar-refractivity contribution in [2.75, 3.05) is 7.11 Å². The molecule has 0 spiro atoms. The number of esters is 1. The number of allylic oxidation sites excluding steroid dienone is 3. The Morgan fingerprint density at radius 1 is 1.19 bits per heavy atom. The van der Waals surface area contributed by atoms with Crippen molar-refractivity contribution in [1.29, 1.82) is 0 Å². The summed E-state index contributed by atoms with van der Waals surface area (Å²) in [5.74, 6) is -0.381. The molecule has 0 aromatic heterocycles. The molecule has 2 aliphatic rings. The van der Waals surface area contributed by atoms with Gasteiger partial charge in [0.25, 0.3) is 0 Å². The molecule has 166 valence electrons. The lowest BCUT2D eigenvalue weighted by atomic mass is 9.75. The zero-order valence-electron chi connectivity index (χ0n) is 17.8. The predicted molar refractivity (Wildman–Crippen MR) is 126 cm³/mol. The summed E-state index contributed by atoms with van der Waals surface area (Å²) in [5, 5.41) is 3.94. The van der Waals surface area contributed by atoms with Crippen molar-refractivity contribution < 1.29 is 19.1 Å². The highest BCUT2D eigenvalue weighted by Crippen LogP contribution is 2.46. The van der Waals surface area contributed by atoms with Crippen LogP contribution in [0.3, 0.4) is 0 Å². The molecule has 0 amide bonds. The Kier molecular flexibility index (Phi) is 6.72. The predicted octanol–water partition coefficient (Wildman–Crippen LogP) is 5.82. The van der Waals surface area contributed by atoms with Crippen LogP contribution < -0.4 is 10.1 Å². The fraction of sp³-hybridized carbons (Fsp3) is 0.280. The molecule has 0 bridgehead atoms. The molecular formula is C25H23BrClNO4. The largest absolute Gasteiger partial charge is 0.489 e. The molecule has 5 nitrogen and oxygen atoms in total. The van der Waals surface area contributed by atoms with Crippen molar-refractivity contribution in [3.05, 3.63) is 85.6 Å². The molecule has 1 N–H and O–H groups in total. The number of nitrogens with one attached hydrogen (secondary N) is 1. The molecule has 0 unspecified atom stereocenters. The number of carbonyl (C=O) groups excluding carboxylic acids is 2. The molecule has 0 saturated heterocycles. The van der Waals surface area contributed by atoms with Crippen LogP contribution in [0.1, 0.15) is 43.2 Å².